The number of ether oxygens (including phenoxy) is 1. The molecule has 0 bridgehead atoms. The van der Waals surface area contributed by atoms with Gasteiger partial charge in [-0.3, -0.25) is 0 Å². The Morgan fingerprint density at radius 2 is 2.06 bits per heavy atom. The van der Waals surface area contributed by atoms with Crippen LogP contribution in [-0.4, -0.2) is 28.1 Å². The van der Waals surface area contributed by atoms with Gasteiger partial charge in [-0.15, -0.1) is 0 Å². The molecule has 0 radical (unpaired) electrons. The lowest BCUT2D eigenvalue weighted by atomic mass is 9.92. The van der Waals surface area contributed by atoms with Crippen LogP contribution >= 0.6 is 0 Å². The summed E-state index contributed by atoms with van der Waals surface area (Å²) in [5.41, 5.74) is 27.8. The molecule has 2 atom stereocenters. The van der Waals surface area contributed by atoms with Gasteiger partial charge in [-0.25, -0.2) is 14.4 Å². The predicted octanol–water partition coefficient (Wildman–Crippen LogP) is 2.96. The summed E-state index contributed by atoms with van der Waals surface area (Å²) in [6.45, 7) is 3.69. The highest BCUT2D eigenvalue weighted by molar-refractivity contribution is 5.99. The average molecular weight is 465 g/mol. The number of para-hydroxylation sites is 1. The van der Waals surface area contributed by atoms with E-state index in [1.165, 1.54) is 30.6 Å². The first kappa shape index (κ1) is 24.7. The van der Waals surface area contributed by atoms with Crippen LogP contribution in [0.15, 0.2) is 88.4 Å². The van der Waals surface area contributed by atoms with Gasteiger partial charge in [-0.1, -0.05) is 30.4 Å². The van der Waals surface area contributed by atoms with Crippen molar-refractivity contribution in [3.05, 3.63) is 94.8 Å². The fraction of sp³-hybridized carbons (Fsp3) is 0.200. The molecule has 9 heteroatoms. The van der Waals surface area contributed by atoms with Gasteiger partial charge >= 0.3 is 0 Å². The van der Waals surface area contributed by atoms with Gasteiger partial charge in [0.15, 0.2) is 11.6 Å². The van der Waals surface area contributed by atoms with E-state index in [1.807, 2.05) is 13.0 Å². The van der Waals surface area contributed by atoms with Crippen LogP contribution in [0.25, 0.3) is 0 Å². The van der Waals surface area contributed by atoms with Gasteiger partial charge in [0, 0.05) is 36.0 Å². The average Bonchev–Trinajstić information content (AvgIpc) is 2.79. The second kappa shape index (κ2) is 10.8. The number of amidine groups is 1. The Hall–Kier alpha value is -3.95. The van der Waals surface area contributed by atoms with Crippen molar-refractivity contribution in [2.24, 2.45) is 27.9 Å². The van der Waals surface area contributed by atoms with Gasteiger partial charge in [0.25, 0.3) is 0 Å². The molecule has 178 valence electrons. The molecule has 0 amide bonds. The largest absolute Gasteiger partial charge is 0.436 e. The van der Waals surface area contributed by atoms with Crippen molar-refractivity contribution in [2.45, 2.75) is 32.4 Å². The zero-order chi connectivity index (χ0) is 24.8. The summed E-state index contributed by atoms with van der Waals surface area (Å²) in [6.07, 6.45) is 7.23. The molecule has 0 spiro atoms. The van der Waals surface area contributed by atoms with Gasteiger partial charge in [0.05, 0.1) is 11.9 Å². The first-order valence-corrected chi connectivity index (χ1v) is 10.6. The van der Waals surface area contributed by atoms with Crippen molar-refractivity contribution >= 4 is 11.5 Å². The van der Waals surface area contributed by atoms with E-state index >= 15 is 0 Å². The SMILES string of the molecule is CC1=C(N)CC(N)C(/C=C/C(O)C(=CN)C(N)=Nc2cnc(Oc3ccccc3F)cc2C)=C1. The Morgan fingerprint density at radius 3 is 2.74 bits per heavy atom. The Balaban J connectivity index is 1.76. The number of hydrogen-bond acceptors (Lipinski definition) is 7. The first-order chi connectivity index (χ1) is 16.2. The highest BCUT2D eigenvalue weighted by Gasteiger charge is 2.17. The van der Waals surface area contributed by atoms with Crippen molar-refractivity contribution in [3.8, 4) is 11.6 Å². The molecule has 2 aromatic rings. The molecule has 0 aliphatic heterocycles. The minimum Gasteiger partial charge on any atom is -0.436 e. The van der Waals surface area contributed by atoms with E-state index in [0.29, 0.717) is 17.7 Å². The molecule has 34 heavy (non-hydrogen) atoms. The predicted molar refractivity (Wildman–Crippen MR) is 132 cm³/mol. The number of allylic oxidation sites excluding steroid dienone is 2. The van der Waals surface area contributed by atoms with E-state index in [-0.39, 0.29) is 29.1 Å². The number of aliphatic imine (C=N–C) groups is 1. The second-order valence-electron chi connectivity index (χ2n) is 7.93. The third-order valence-corrected chi connectivity index (χ3v) is 5.37. The Bertz CT molecular complexity index is 1220. The molecule has 0 saturated heterocycles. The van der Waals surface area contributed by atoms with Crippen molar-refractivity contribution < 1.29 is 14.2 Å². The monoisotopic (exact) mass is 464 g/mol. The van der Waals surface area contributed by atoms with Gasteiger partial charge in [-0.2, -0.15) is 0 Å². The van der Waals surface area contributed by atoms with E-state index in [0.717, 1.165) is 16.8 Å². The molecule has 1 aromatic heterocycles. The molecular weight excluding hydrogens is 435 g/mol. The Labute approximate surface area is 197 Å². The smallest absolute Gasteiger partial charge is 0.219 e. The molecule has 9 N–H and O–H groups in total. The van der Waals surface area contributed by atoms with E-state index in [2.05, 4.69) is 9.98 Å². The van der Waals surface area contributed by atoms with Crippen molar-refractivity contribution in [1.29, 1.82) is 0 Å². The molecule has 1 aromatic carbocycles. The van der Waals surface area contributed by atoms with Crippen LogP contribution < -0.4 is 27.7 Å². The molecule has 1 aliphatic carbocycles. The summed E-state index contributed by atoms with van der Waals surface area (Å²) in [6, 6.07) is 7.39. The maximum atomic E-state index is 13.8. The van der Waals surface area contributed by atoms with Gasteiger partial charge in [-0.05, 0) is 42.7 Å². The number of nitrogens with zero attached hydrogens (tertiary/aromatic N) is 2. The summed E-state index contributed by atoms with van der Waals surface area (Å²) in [7, 11) is 0. The third kappa shape index (κ3) is 5.89. The van der Waals surface area contributed by atoms with Crippen LogP contribution in [0.5, 0.6) is 11.6 Å². The van der Waals surface area contributed by atoms with E-state index in [1.54, 1.807) is 31.2 Å². The number of nitrogens with two attached hydrogens (primary N) is 4. The number of aliphatic hydroxyl groups is 1. The van der Waals surface area contributed by atoms with E-state index in [4.69, 9.17) is 27.7 Å². The molecule has 0 saturated carbocycles. The summed E-state index contributed by atoms with van der Waals surface area (Å²) in [5, 5.41) is 10.6. The normalized spacial score (nSPS) is 18.3. The van der Waals surface area contributed by atoms with E-state index in [9.17, 15) is 9.50 Å². The number of rotatable bonds is 7. The van der Waals surface area contributed by atoms with Crippen LogP contribution in [0, 0.1) is 12.7 Å². The molecule has 0 fully saturated rings. The Kier molecular flexibility index (Phi) is 7.83. The second-order valence-corrected chi connectivity index (χ2v) is 7.93. The number of halogens is 1. The number of aliphatic hydroxyl groups excluding tert-OH is 1. The lowest BCUT2D eigenvalue weighted by Crippen LogP contribution is -2.28. The lowest BCUT2D eigenvalue weighted by Gasteiger charge is -2.20. The highest BCUT2D eigenvalue weighted by atomic mass is 19.1. The minimum atomic E-state index is -1.11. The fourth-order valence-electron chi connectivity index (χ4n) is 3.31. The summed E-state index contributed by atoms with van der Waals surface area (Å²) in [4.78, 5) is 8.51. The van der Waals surface area contributed by atoms with Crippen LogP contribution in [-0.2, 0) is 0 Å². The summed E-state index contributed by atoms with van der Waals surface area (Å²) in [5.74, 6) is -0.198. The van der Waals surface area contributed by atoms with Crippen molar-refractivity contribution in [1.82, 2.24) is 4.98 Å². The van der Waals surface area contributed by atoms with Crippen LogP contribution in [0.3, 0.4) is 0 Å². The molecular formula is C25H29FN6O2. The maximum absolute atomic E-state index is 13.8. The number of benzene rings is 1. The zero-order valence-corrected chi connectivity index (χ0v) is 19.1. The van der Waals surface area contributed by atoms with Crippen molar-refractivity contribution in [2.75, 3.05) is 0 Å². The van der Waals surface area contributed by atoms with Crippen LogP contribution in [0.4, 0.5) is 10.1 Å². The number of aromatic nitrogens is 1. The summed E-state index contributed by atoms with van der Waals surface area (Å²) < 4.78 is 19.3. The van der Waals surface area contributed by atoms with Crippen molar-refractivity contribution in [3.63, 3.8) is 0 Å². The zero-order valence-electron chi connectivity index (χ0n) is 19.1. The lowest BCUT2D eigenvalue weighted by molar-refractivity contribution is 0.265. The van der Waals surface area contributed by atoms with Gasteiger partial charge in [0.2, 0.25) is 5.88 Å². The first-order valence-electron chi connectivity index (χ1n) is 10.6. The topological polar surface area (TPSA) is 159 Å². The molecule has 3 rings (SSSR count). The molecule has 1 heterocycles. The Morgan fingerprint density at radius 1 is 1.32 bits per heavy atom. The number of aryl methyl sites for hydroxylation is 1. The highest BCUT2D eigenvalue weighted by Crippen LogP contribution is 2.27. The molecule has 8 nitrogen and oxygen atoms in total. The molecule has 2 unspecified atom stereocenters. The number of hydrogen-bond donors (Lipinski definition) is 5. The van der Waals surface area contributed by atoms with E-state index < -0.39 is 11.9 Å². The fourth-order valence-corrected chi connectivity index (χ4v) is 3.31. The quantitative estimate of drug-likeness (QED) is 0.311. The van der Waals surface area contributed by atoms with Crippen LogP contribution in [0.2, 0.25) is 0 Å². The minimum absolute atomic E-state index is 0.0227. The van der Waals surface area contributed by atoms with Gasteiger partial charge in [0.1, 0.15) is 11.9 Å². The maximum Gasteiger partial charge on any atom is 0.219 e. The van der Waals surface area contributed by atoms with Gasteiger partial charge < -0.3 is 32.8 Å². The molecule has 1 aliphatic rings. The standard InChI is InChI=1S/C25H29FN6O2/c1-14-9-16(20(29)11-19(14)28)7-8-22(33)17(12-27)25(30)32-21-13-31-24(10-15(21)2)34-23-6-4-3-5-18(23)26/h3-10,12-13,20,22,33H,11,27-29H2,1-2H3,(H2,30,32)/b8-7+,17-12?. The summed E-state index contributed by atoms with van der Waals surface area (Å²) >= 11 is 0. The number of pyridine rings is 1. The third-order valence-electron chi connectivity index (χ3n) is 5.37. The van der Waals surface area contributed by atoms with Crippen LogP contribution in [0.1, 0.15) is 18.9 Å².